The Morgan fingerprint density at radius 1 is 1.43 bits per heavy atom. The molecule has 0 atom stereocenters. The van der Waals surface area contributed by atoms with Crippen LogP contribution in [0.1, 0.15) is 11.1 Å². The van der Waals surface area contributed by atoms with Crippen LogP contribution in [-0.4, -0.2) is 18.0 Å². The second-order valence-corrected chi connectivity index (χ2v) is 4.19. The fourth-order valence-corrected chi connectivity index (χ4v) is 1.82. The molecule has 0 radical (unpaired) electrons. The Morgan fingerprint density at radius 2 is 2.07 bits per heavy atom. The first-order valence-corrected chi connectivity index (χ1v) is 5.75. The fourth-order valence-electron chi connectivity index (χ4n) is 1.01. The molecule has 2 N–H and O–H groups in total. The average Bonchev–Trinajstić information content (AvgIpc) is 2.19. The second-order valence-electron chi connectivity index (χ2n) is 2.82. The lowest BCUT2D eigenvalue weighted by Crippen LogP contribution is -2.08. The third kappa shape index (κ3) is 3.65. The maximum atomic E-state index is 5.49. The van der Waals surface area contributed by atoms with Crippen molar-refractivity contribution in [2.24, 2.45) is 5.73 Å². The van der Waals surface area contributed by atoms with Crippen LogP contribution in [0.4, 0.5) is 0 Å². The fraction of sp³-hybridized carbons (Fsp3) is 0.300. The molecule has 0 unspecified atom stereocenters. The summed E-state index contributed by atoms with van der Waals surface area (Å²) >= 11 is 6.60. The van der Waals surface area contributed by atoms with Gasteiger partial charge < -0.3 is 10.5 Å². The molecule has 0 fully saturated rings. The van der Waals surface area contributed by atoms with Crippen LogP contribution < -0.4 is 5.73 Å². The average molecular weight is 227 g/mol. The largest absolute Gasteiger partial charge is 0.389 e. The standard InChI is InChI=1S/C10H13NOS2/c1-12-7-14-6-8-2-4-9(5-3-8)10(11)13/h2-5H,6-7H2,1H3,(H2,11,13). The molecule has 0 saturated carbocycles. The van der Waals surface area contributed by atoms with Crippen molar-refractivity contribution in [2.45, 2.75) is 5.75 Å². The summed E-state index contributed by atoms with van der Waals surface area (Å²) in [6, 6.07) is 7.98. The summed E-state index contributed by atoms with van der Waals surface area (Å²) in [7, 11) is 1.70. The lowest BCUT2D eigenvalue weighted by Gasteiger charge is -2.02. The zero-order chi connectivity index (χ0) is 10.4. The summed E-state index contributed by atoms with van der Waals surface area (Å²) in [5, 5.41) is 0. The Hall–Kier alpha value is -0.580. The second kappa shape index (κ2) is 6.01. The van der Waals surface area contributed by atoms with Gasteiger partial charge in [0.25, 0.3) is 0 Å². The highest BCUT2D eigenvalue weighted by Crippen LogP contribution is 2.12. The predicted octanol–water partition coefficient (Wildman–Crippen LogP) is 2.16. The van der Waals surface area contributed by atoms with E-state index in [-0.39, 0.29) is 0 Å². The molecule has 76 valence electrons. The Morgan fingerprint density at radius 3 is 2.57 bits per heavy atom. The molecule has 0 saturated heterocycles. The van der Waals surface area contributed by atoms with Crippen molar-refractivity contribution < 1.29 is 4.74 Å². The van der Waals surface area contributed by atoms with Gasteiger partial charge in [0.05, 0.1) is 5.94 Å². The molecule has 0 amide bonds. The van der Waals surface area contributed by atoms with Crippen molar-refractivity contribution in [3.8, 4) is 0 Å². The van der Waals surface area contributed by atoms with E-state index >= 15 is 0 Å². The SMILES string of the molecule is COCSCc1ccc(C(N)=S)cc1. The van der Waals surface area contributed by atoms with Gasteiger partial charge in [-0.05, 0) is 5.56 Å². The molecule has 1 aromatic carbocycles. The minimum Gasteiger partial charge on any atom is -0.389 e. The van der Waals surface area contributed by atoms with E-state index in [0.717, 1.165) is 17.3 Å². The van der Waals surface area contributed by atoms with Crippen LogP contribution in [0.25, 0.3) is 0 Å². The van der Waals surface area contributed by atoms with Gasteiger partial charge in [0.1, 0.15) is 4.99 Å². The predicted molar refractivity (Wildman–Crippen MR) is 65.5 cm³/mol. The molecule has 1 rings (SSSR count). The van der Waals surface area contributed by atoms with Gasteiger partial charge in [0.2, 0.25) is 0 Å². The number of thiocarbonyl (C=S) groups is 1. The molecule has 1 aromatic rings. The number of hydrogen-bond donors (Lipinski definition) is 1. The molecule has 0 aromatic heterocycles. The minimum absolute atomic E-state index is 0.445. The van der Waals surface area contributed by atoms with E-state index in [9.17, 15) is 0 Å². The summed E-state index contributed by atoms with van der Waals surface area (Å²) < 4.78 is 4.95. The first-order chi connectivity index (χ1) is 6.74. The van der Waals surface area contributed by atoms with Gasteiger partial charge in [-0.1, -0.05) is 36.5 Å². The van der Waals surface area contributed by atoms with E-state index in [1.807, 2.05) is 24.3 Å². The van der Waals surface area contributed by atoms with Crippen molar-refractivity contribution in [2.75, 3.05) is 13.0 Å². The van der Waals surface area contributed by atoms with Crippen LogP contribution in [-0.2, 0) is 10.5 Å². The van der Waals surface area contributed by atoms with E-state index in [1.54, 1.807) is 18.9 Å². The maximum absolute atomic E-state index is 5.49. The normalized spacial score (nSPS) is 10.1. The molecule has 0 spiro atoms. The van der Waals surface area contributed by atoms with E-state index in [4.69, 9.17) is 22.7 Å². The van der Waals surface area contributed by atoms with Crippen molar-refractivity contribution in [3.63, 3.8) is 0 Å². The Bertz CT molecular complexity index is 297. The minimum atomic E-state index is 0.445. The quantitative estimate of drug-likeness (QED) is 0.475. The van der Waals surface area contributed by atoms with Gasteiger partial charge in [0, 0.05) is 18.4 Å². The lowest BCUT2D eigenvalue weighted by atomic mass is 10.1. The highest BCUT2D eigenvalue weighted by atomic mass is 32.2. The van der Waals surface area contributed by atoms with E-state index in [2.05, 4.69) is 0 Å². The monoisotopic (exact) mass is 227 g/mol. The lowest BCUT2D eigenvalue weighted by molar-refractivity contribution is 0.259. The zero-order valence-electron chi connectivity index (χ0n) is 8.03. The summed E-state index contributed by atoms with van der Waals surface area (Å²) in [4.78, 5) is 0.445. The number of rotatable bonds is 5. The van der Waals surface area contributed by atoms with Gasteiger partial charge in [-0.3, -0.25) is 0 Å². The number of nitrogens with two attached hydrogens (primary N) is 1. The molecule has 14 heavy (non-hydrogen) atoms. The van der Waals surface area contributed by atoms with Crippen LogP contribution in [0.2, 0.25) is 0 Å². The summed E-state index contributed by atoms with van der Waals surface area (Å²) in [6.45, 7) is 0. The Labute approximate surface area is 93.8 Å². The Balaban J connectivity index is 2.51. The highest BCUT2D eigenvalue weighted by Gasteiger charge is 1.96. The molecule has 0 bridgehead atoms. The number of benzene rings is 1. The van der Waals surface area contributed by atoms with Gasteiger partial charge in [-0.2, -0.15) is 0 Å². The van der Waals surface area contributed by atoms with Crippen LogP contribution in [0.5, 0.6) is 0 Å². The van der Waals surface area contributed by atoms with Crippen LogP contribution in [0, 0.1) is 0 Å². The van der Waals surface area contributed by atoms with Crippen molar-refractivity contribution in [3.05, 3.63) is 35.4 Å². The van der Waals surface area contributed by atoms with Gasteiger partial charge >= 0.3 is 0 Å². The third-order valence-electron chi connectivity index (χ3n) is 1.71. The Kier molecular flexibility index (Phi) is 4.93. The highest BCUT2D eigenvalue weighted by molar-refractivity contribution is 7.98. The van der Waals surface area contributed by atoms with Gasteiger partial charge in [-0.25, -0.2) is 0 Å². The molecular formula is C10H13NOS2. The first-order valence-electron chi connectivity index (χ1n) is 4.19. The molecule has 0 heterocycles. The topological polar surface area (TPSA) is 35.2 Å². The van der Waals surface area contributed by atoms with E-state index in [0.29, 0.717) is 4.99 Å². The molecule has 0 aliphatic carbocycles. The van der Waals surface area contributed by atoms with Crippen LogP contribution in [0.15, 0.2) is 24.3 Å². The summed E-state index contributed by atoms with van der Waals surface area (Å²) in [6.07, 6.45) is 0. The number of hydrogen-bond acceptors (Lipinski definition) is 3. The molecule has 2 nitrogen and oxygen atoms in total. The van der Waals surface area contributed by atoms with Crippen molar-refractivity contribution in [1.29, 1.82) is 0 Å². The van der Waals surface area contributed by atoms with E-state index < -0.39 is 0 Å². The third-order valence-corrected chi connectivity index (χ3v) is 2.88. The number of ether oxygens (including phenoxy) is 1. The smallest absolute Gasteiger partial charge is 0.103 e. The first kappa shape index (κ1) is 11.5. The van der Waals surface area contributed by atoms with Gasteiger partial charge in [-0.15, -0.1) is 11.8 Å². The molecular weight excluding hydrogens is 214 g/mol. The van der Waals surface area contributed by atoms with Crippen LogP contribution >= 0.6 is 24.0 Å². The molecule has 4 heteroatoms. The van der Waals surface area contributed by atoms with Crippen molar-refractivity contribution in [1.82, 2.24) is 0 Å². The summed E-state index contributed by atoms with van der Waals surface area (Å²) in [5.74, 6) is 1.67. The van der Waals surface area contributed by atoms with Crippen molar-refractivity contribution >= 4 is 29.0 Å². The summed E-state index contributed by atoms with van der Waals surface area (Å²) in [5.41, 5.74) is 7.67. The number of methoxy groups -OCH3 is 1. The number of thioether (sulfide) groups is 1. The maximum Gasteiger partial charge on any atom is 0.103 e. The van der Waals surface area contributed by atoms with Crippen LogP contribution in [0.3, 0.4) is 0 Å². The zero-order valence-corrected chi connectivity index (χ0v) is 9.66. The molecule has 0 aliphatic rings. The van der Waals surface area contributed by atoms with Gasteiger partial charge in [0.15, 0.2) is 0 Å². The molecule has 0 aliphatic heterocycles. The van der Waals surface area contributed by atoms with E-state index in [1.165, 1.54) is 5.56 Å².